The highest BCUT2D eigenvalue weighted by atomic mass is 16.6. The Kier molecular flexibility index (Phi) is 7.97. The molecule has 8 nitrogen and oxygen atoms in total. The second kappa shape index (κ2) is 9.46. The molecule has 1 rings (SSSR count). The van der Waals surface area contributed by atoms with Crippen LogP contribution < -0.4 is 10.6 Å². The monoisotopic (exact) mass is 343 g/mol. The third-order valence-corrected chi connectivity index (χ3v) is 3.78. The van der Waals surface area contributed by atoms with Crippen LogP contribution in [0.4, 0.5) is 4.79 Å². The Bertz CT molecular complexity index is 453. The van der Waals surface area contributed by atoms with Crippen molar-refractivity contribution < 1.29 is 24.2 Å². The summed E-state index contributed by atoms with van der Waals surface area (Å²) in [5.41, 5.74) is 0. The second-order valence-corrected chi connectivity index (χ2v) is 6.53. The number of aliphatic hydroxyl groups is 1. The number of hydrogen-bond donors (Lipinski definition) is 3. The highest BCUT2D eigenvalue weighted by Crippen LogP contribution is 2.19. The SMILES string of the molecule is CC(C)OC(=O)N1CCC[C@H]1C(=O)N[C@@H](C(=O)NCCO)C(C)C. The lowest BCUT2D eigenvalue weighted by atomic mass is 10.0. The van der Waals surface area contributed by atoms with E-state index in [1.54, 1.807) is 13.8 Å². The third kappa shape index (κ3) is 5.67. The van der Waals surface area contributed by atoms with E-state index in [0.29, 0.717) is 19.4 Å². The Balaban J connectivity index is 2.72. The van der Waals surface area contributed by atoms with E-state index < -0.39 is 18.2 Å². The first-order valence-electron chi connectivity index (χ1n) is 8.44. The first kappa shape index (κ1) is 20.2. The summed E-state index contributed by atoms with van der Waals surface area (Å²) in [5, 5.41) is 14.1. The maximum atomic E-state index is 12.5. The normalized spacial score (nSPS) is 18.6. The summed E-state index contributed by atoms with van der Waals surface area (Å²) in [6.45, 7) is 7.58. The molecule has 1 aliphatic rings. The van der Waals surface area contributed by atoms with Gasteiger partial charge in [0.2, 0.25) is 11.8 Å². The molecule has 0 aromatic carbocycles. The van der Waals surface area contributed by atoms with Gasteiger partial charge in [0.05, 0.1) is 12.7 Å². The number of likely N-dealkylation sites (tertiary alicyclic amines) is 1. The van der Waals surface area contributed by atoms with Crippen LogP contribution in [0.5, 0.6) is 0 Å². The predicted octanol–water partition coefficient (Wildman–Crippen LogP) is 0.245. The topological polar surface area (TPSA) is 108 Å². The van der Waals surface area contributed by atoms with Gasteiger partial charge in [-0.3, -0.25) is 14.5 Å². The first-order valence-corrected chi connectivity index (χ1v) is 8.44. The molecule has 1 saturated heterocycles. The van der Waals surface area contributed by atoms with Gasteiger partial charge in [-0.15, -0.1) is 0 Å². The van der Waals surface area contributed by atoms with Gasteiger partial charge in [-0.1, -0.05) is 13.8 Å². The number of amides is 3. The molecule has 1 heterocycles. The highest BCUT2D eigenvalue weighted by Gasteiger charge is 2.37. The number of nitrogens with zero attached hydrogens (tertiary/aromatic N) is 1. The van der Waals surface area contributed by atoms with Crippen LogP contribution in [0.2, 0.25) is 0 Å². The van der Waals surface area contributed by atoms with E-state index in [1.807, 2.05) is 13.8 Å². The zero-order valence-electron chi connectivity index (χ0n) is 14.9. The Morgan fingerprint density at radius 1 is 1.25 bits per heavy atom. The molecule has 0 bridgehead atoms. The molecule has 0 aliphatic carbocycles. The van der Waals surface area contributed by atoms with Gasteiger partial charge in [-0.05, 0) is 32.6 Å². The summed E-state index contributed by atoms with van der Waals surface area (Å²) in [7, 11) is 0. The van der Waals surface area contributed by atoms with E-state index in [0.717, 1.165) is 0 Å². The molecule has 1 fully saturated rings. The Hall–Kier alpha value is -1.83. The van der Waals surface area contributed by atoms with Gasteiger partial charge >= 0.3 is 6.09 Å². The average Bonchev–Trinajstić information content (AvgIpc) is 2.98. The molecule has 24 heavy (non-hydrogen) atoms. The molecule has 0 unspecified atom stereocenters. The number of ether oxygens (including phenoxy) is 1. The maximum absolute atomic E-state index is 12.5. The predicted molar refractivity (Wildman–Crippen MR) is 88.2 cm³/mol. The van der Waals surface area contributed by atoms with E-state index in [9.17, 15) is 14.4 Å². The molecular weight excluding hydrogens is 314 g/mol. The van der Waals surface area contributed by atoms with Crippen LogP contribution in [0.15, 0.2) is 0 Å². The van der Waals surface area contributed by atoms with E-state index in [4.69, 9.17) is 9.84 Å². The lowest BCUT2D eigenvalue weighted by Gasteiger charge is -2.27. The molecule has 1 aliphatic heterocycles. The van der Waals surface area contributed by atoms with Crippen molar-refractivity contribution in [3.05, 3.63) is 0 Å². The van der Waals surface area contributed by atoms with Crippen LogP contribution in [0.25, 0.3) is 0 Å². The second-order valence-electron chi connectivity index (χ2n) is 6.53. The quantitative estimate of drug-likeness (QED) is 0.614. The number of rotatable bonds is 7. The molecule has 0 aromatic rings. The first-order chi connectivity index (χ1) is 11.3. The zero-order valence-corrected chi connectivity index (χ0v) is 14.9. The van der Waals surface area contributed by atoms with Crippen LogP contribution in [0.1, 0.15) is 40.5 Å². The van der Waals surface area contributed by atoms with Gasteiger partial charge in [0.25, 0.3) is 0 Å². The molecule has 0 saturated carbocycles. The lowest BCUT2D eigenvalue weighted by Crippen LogP contribution is -2.55. The lowest BCUT2D eigenvalue weighted by molar-refractivity contribution is -0.132. The largest absolute Gasteiger partial charge is 0.447 e. The van der Waals surface area contributed by atoms with Gasteiger partial charge in [0, 0.05) is 13.1 Å². The number of hydrogen-bond acceptors (Lipinski definition) is 5. The van der Waals surface area contributed by atoms with Crippen molar-refractivity contribution in [3.63, 3.8) is 0 Å². The van der Waals surface area contributed by atoms with Gasteiger partial charge in [0.15, 0.2) is 0 Å². The molecule has 8 heteroatoms. The number of carbonyl (C=O) groups excluding carboxylic acids is 3. The van der Waals surface area contributed by atoms with Crippen molar-refractivity contribution in [2.75, 3.05) is 19.7 Å². The van der Waals surface area contributed by atoms with E-state index >= 15 is 0 Å². The third-order valence-electron chi connectivity index (χ3n) is 3.78. The minimum atomic E-state index is -0.715. The van der Waals surface area contributed by atoms with Crippen LogP contribution in [-0.2, 0) is 14.3 Å². The molecule has 2 atom stereocenters. The molecule has 0 radical (unpaired) electrons. The van der Waals surface area contributed by atoms with Crippen molar-refractivity contribution in [2.24, 2.45) is 5.92 Å². The van der Waals surface area contributed by atoms with Crippen molar-refractivity contribution in [1.29, 1.82) is 0 Å². The van der Waals surface area contributed by atoms with Crippen LogP contribution in [-0.4, -0.2) is 65.8 Å². The zero-order chi connectivity index (χ0) is 18.3. The fourth-order valence-electron chi connectivity index (χ4n) is 2.60. The minimum absolute atomic E-state index is 0.120. The summed E-state index contributed by atoms with van der Waals surface area (Å²) >= 11 is 0. The van der Waals surface area contributed by atoms with Crippen molar-refractivity contribution >= 4 is 17.9 Å². The summed E-state index contributed by atoms with van der Waals surface area (Å²) in [6, 6.07) is -1.34. The van der Waals surface area contributed by atoms with Gasteiger partial charge in [0.1, 0.15) is 12.1 Å². The molecule has 3 N–H and O–H groups in total. The van der Waals surface area contributed by atoms with Gasteiger partial charge < -0.3 is 20.5 Å². The van der Waals surface area contributed by atoms with E-state index in [1.165, 1.54) is 4.90 Å². The average molecular weight is 343 g/mol. The Labute approximate surface area is 142 Å². The van der Waals surface area contributed by atoms with Crippen LogP contribution in [0.3, 0.4) is 0 Å². The van der Waals surface area contributed by atoms with Crippen molar-refractivity contribution in [3.8, 4) is 0 Å². The van der Waals surface area contributed by atoms with E-state index in [2.05, 4.69) is 10.6 Å². The van der Waals surface area contributed by atoms with Gasteiger partial charge in [-0.2, -0.15) is 0 Å². The molecule has 138 valence electrons. The van der Waals surface area contributed by atoms with Gasteiger partial charge in [-0.25, -0.2) is 4.79 Å². The van der Waals surface area contributed by atoms with Crippen LogP contribution >= 0.6 is 0 Å². The highest BCUT2D eigenvalue weighted by molar-refractivity contribution is 5.91. The summed E-state index contributed by atoms with van der Waals surface area (Å²) in [4.78, 5) is 38.2. The summed E-state index contributed by atoms with van der Waals surface area (Å²) in [5.74, 6) is -0.821. The van der Waals surface area contributed by atoms with Crippen molar-refractivity contribution in [2.45, 2.75) is 58.7 Å². The minimum Gasteiger partial charge on any atom is -0.447 e. The molecule has 0 aromatic heterocycles. The number of nitrogens with one attached hydrogen (secondary N) is 2. The Morgan fingerprint density at radius 2 is 1.92 bits per heavy atom. The summed E-state index contributed by atoms with van der Waals surface area (Å²) in [6.07, 6.45) is 0.499. The van der Waals surface area contributed by atoms with Crippen LogP contribution in [0, 0.1) is 5.92 Å². The standard InChI is InChI=1S/C16H29N3O5/c1-10(2)13(15(22)17-7-9-20)18-14(21)12-6-5-8-19(12)16(23)24-11(3)4/h10-13,20H,5-9H2,1-4H3,(H,17,22)(H,18,21)/t12-,13+/m0/s1. The maximum Gasteiger partial charge on any atom is 0.410 e. The number of aliphatic hydroxyl groups excluding tert-OH is 1. The fourth-order valence-corrected chi connectivity index (χ4v) is 2.60. The summed E-state index contributed by atoms with van der Waals surface area (Å²) < 4.78 is 5.17. The number of carbonyl (C=O) groups is 3. The smallest absolute Gasteiger partial charge is 0.410 e. The fraction of sp³-hybridized carbons (Fsp3) is 0.812. The molecule has 0 spiro atoms. The van der Waals surface area contributed by atoms with E-state index in [-0.39, 0.29) is 37.0 Å². The molecular formula is C16H29N3O5. The Morgan fingerprint density at radius 3 is 2.46 bits per heavy atom. The molecule has 3 amide bonds. The van der Waals surface area contributed by atoms with Crippen molar-refractivity contribution in [1.82, 2.24) is 15.5 Å².